The molecule has 0 fully saturated rings. The van der Waals surface area contributed by atoms with Gasteiger partial charge in [0.1, 0.15) is 6.61 Å². The molecule has 70 valence electrons. The number of carbonyl (C=O) groups excluding carboxylic acids is 1. The third-order valence-corrected chi connectivity index (χ3v) is 2.38. The summed E-state index contributed by atoms with van der Waals surface area (Å²) in [4.78, 5) is 11.4. The van der Waals surface area contributed by atoms with Crippen LogP contribution in [0.4, 0.5) is 0 Å². The Labute approximate surface area is 93.5 Å². The van der Waals surface area contributed by atoms with Crippen LogP contribution < -0.4 is 0 Å². The Hall–Kier alpha value is -0.190. The van der Waals surface area contributed by atoms with Crippen LogP contribution in [0.5, 0.6) is 0 Å². The van der Waals surface area contributed by atoms with Gasteiger partial charge in [0, 0.05) is 21.6 Å². The fourth-order valence-electron chi connectivity index (χ4n) is 0.929. The molecule has 1 aromatic rings. The Morgan fingerprint density at radius 2 is 1.85 bits per heavy atom. The lowest BCUT2D eigenvalue weighted by Crippen LogP contribution is -2.06. The van der Waals surface area contributed by atoms with Crippen LogP contribution in [0.15, 0.2) is 27.1 Å². The van der Waals surface area contributed by atoms with E-state index in [9.17, 15) is 4.79 Å². The van der Waals surface area contributed by atoms with Gasteiger partial charge in [-0.05, 0) is 18.2 Å². The summed E-state index contributed by atoms with van der Waals surface area (Å²) in [5, 5.41) is 0. The quantitative estimate of drug-likeness (QED) is 0.802. The summed E-state index contributed by atoms with van der Waals surface area (Å²) in [6, 6.07) is 5.42. The lowest BCUT2D eigenvalue weighted by molar-refractivity contribution is 0.0848. The molecule has 1 rings (SSSR count). The summed E-state index contributed by atoms with van der Waals surface area (Å²) in [5.74, 6) is -0.0236. The van der Waals surface area contributed by atoms with Crippen molar-refractivity contribution in [3.05, 3.63) is 32.7 Å². The zero-order valence-corrected chi connectivity index (χ0v) is 10.2. The highest BCUT2D eigenvalue weighted by Gasteiger charge is 2.06. The van der Waals surface area contributed by atoms with Crippen LogP contribution in [0.25, 0.3) is 0 Å². The SMILES string of the molecule is COCC(=O)c1cc(Br)cc(Br)c1. The maximum Gasteiger partial charge on any atom is 0.188 e. The number of halogens is 2. The number of benzene rings is 1. The summed E-state index contributed by atoms with van der Waals surface area (Å²) in [7, 11) is 1.50. The second-order valence-electron chi connectivity index (χ2n) is 2.51. The highest BCUT2D eigenvalue weighted by molar-refractivity contribution is 9.11. The van der Waals surface area contributed by atoms with E-state index in [1.807, 2.05) is 6.07 Å². The van der Waals surface area contributed by atoms with Gasteiger partial charge < -0.3 is 4.74 Å². The topological polar surface area (TPSA) is 26.3 Å². The van der Waals surface area contributed by atoms with E-state index in [0.717, 1.165) is 8.95 Å². The van der Waals surface area contributed by atoms with Gasteiger partial charge >= 0.3 is 0 Å². The number of Topliss-reactive ketones (excluding diaryl/α,β-unsaturated/α-hetero) is 1. The van der Waals surface area contributed by atoms with E-state index in [2.05, 4.69) is 31.9 Å². The largest absolute Gasteiger partial charge is 0.377 e. The number of rotatable bonds is 3. The van der Waals surface area contributed by atoms with E-state index >= 15 is 0 Å². The summed E-state index contributed by atoms with van der Waals surface area (Å²) in [6.07, 6.45) is 0. The van der Waals surface area contributed by atoms with Crippen molar-refractivity contribution in [1.82, 2.24) is 0 Å². The van der Waals surface area contributed by atoms with Crippen LogP contribution in [0.1, 0.15) is 10.4 Å². The van der Waals surface area contributed by atoms with Gasteiger partial charge in [0.2, 0.25) is 0 Å². The molecule has 0 bridgehead atoms. The van der Waals surface area contributed by atoms with E-state index in [1.165, 1.54) is 7.11 Å². The zero-order valence-electron chi connectivity index (χ0n) is 7.01. The molecule has 0 aromatic heterocycles. The molecule has 2 nitrogen and oxygen atoms in total. The predicted molar refractivity (Wildman–Crippen MR) is 58.0 cm³/mol. The maximum atomic E-state index is 11.4. The molecule has 4 heteroatoms. The van der Waals surface area contributed by atoms with Gasteiger partial charge in [-0.2, -0.15) is 0 Å². The van der Waals surface area contributed by atoms with Crippen LogP contribution in [0, 0.1) is 0 Å². The van der Waals surface area contributed by atoms with Crippen LogP contribution in [0.2, 0.25) is 0 Å². The molecule has 0 amide bonds. The van der Waals surface area contributed by atoms with Gasteiger partial charge in [-0.3, -0.25) is 4.79 Å². The van der Waals surface area contributed by atoms with Crippen LogP contribution in [-0.2, 0) is 4.74 Å². The van der Waals surface area contributed by atoms with Crippen LogP contribution in [0.3, 0.4) is 0 Å². The van der Waals surface area contributed by atoms with E-state index in [-0.39, 0.29) is 12.4 Å². The van der Waals surface area contributed by atoms with Crippen molar-refractivity contribution >= 4 is 37.6 Å². The average Bonchev–Trinajstić information content (AvgIpc) is 2.03. The van der Waals surface area contributed by atoms with E-state index in [0.29, 0.717) is 5.56 Å². The van der Waals surface area contributed by atoms with E-state index in [1.54, 1.807) is 12.1 Å². The van der Waals surface area contributed by atoms with Gasteiger partial charge in [0.05, 0.1) is 0 Å². The van der Waals surface area contributed by atoms with Crippen LogP contribution >= 0.6 is 31.9 Å². The third-order valence-electron chi connectivity index (χ3n) is 1.46. The molecule has 0 heterocycles. The second-order valence-corrected chi connectivity index (χ2v) is 4.35. The number of carbonyl (C=O) groups is 1. The lowest BCUT2D eigenvalue weighted by atomic mass is 10.1. The molecule has 1 aromatic carbocycles. The normalized spacial score (nSPS) is 10.1. The molecule has 0 aliphatic carbocycles. The second kappa shape index (κ2) is 4.88. The molecule has 0 aliphatic rings. The van der Waals surface area contributed by atoms with Crippen LogP contribution in [-0.4, -0.2) is 19.5 Å². The van der Waals surface area contributed by atoms with E-state index < -0.39 is 0 Å². The molecule has 0 unspecified atom stereocenters. The summed E-state index contributed by atoms with van der Waals surface area (Å²) < 4.78 is 6.51. The van der Waals surface area contributed by atoms with Crippen molar-refractivity contribution in [3.8, 4) is 0 Å². The van der Waals surface area contributed by atoms with Gasteiger partial charge in [-0.25, -0.2) is 0 Å². The minimum absolute atomic E-state index is 0.0236. The lowest BCUT2D eigenvalue weighted by Gasteiger charge is -2.01. The number of ether oxygens (including phenoxy) is 1. The molecule has 0 radical (unpaired) electrons. The first-order chi connectivity index (χ1) is 6.13. The van der Waals surface area contributed by atoms with Crippen molar-refractivity contribution in [2.75, 3.05) is 13.7 Å². The molecule has 0 atom stereocenters. The number of methoxy groups -OCH3 is 1. The molecule has 0 saturated carbocycles. The number of hydrogen-bond donors (Lipinski definition) is 0. The van der Waals surface area contributed by atoms with Crippen molar-refractivity contribution in [2.24, 2.45) is 0 Å². The Balaban J connectivity index is 2.94. The maximum absolute atomic E-state index is 11.4. The Bertz CT molecular complexity index is 303. The standard InChI is InChI=1S/C9H8Br2O2/c1-13-5-9(12)6-2-7(10)4-8(11)3-6/h2-4H,5H2,1H3. The highest BCUT2D eigenvalue weighted by atomic mass is 79.9. The first-order valence-corrected chi connectivity index (χ1v) is 5.20. The monoisotopic (exact) mass is 306 g/mol. The minimum atomic E-state index is -0.0236. The first-order valence-electron chi connectivity index (χ1n) is 3.61. The molecule has 0 aliphatic heterocycles. The van der Waals surface area contributed by atoms with Crippen molar-refractivity contribution in [3.63, 3.8) is 0 Å². The number of hydrogen-bond acceptors (Lipinski definition) is 2. The molecular formula is C9H8Br2O2. The summed E-state index contributed by atoms with van der Waals surface area (Å²) >= 11 is 6.62. The van der Waals surface area contributed by atoms with Gasteiger partial charge in [-0.15, -0.1) is 0 Å². The zero-order chi connectivity index (χ0) is 9.84. The van der Waals surface area contributed by atoms with Gasteiger partial charge in [-0.1, -0.05) is 31.9 Å². The molecule has 0 N–H and O–H groups in total. The molecular weight excluding hydrogens is 300 g/mol. The fourth-order valence-corrected chi connectivity index (χ4v) is 2.22. The highest BCUT2D eigenvalue weighted by Crippen LogP contribution is 2.20. The average molecular weight is 308 g/mol. The Kier molecular flexibility index (Phi) is 4.09. The molecule has 13 heavy (non-hydrogen) atoms. The Morgan fingerprint density at radius 3 is 2.31 bits per heavy atom. The van der Waals surface area contributed by atoms with E-state index in [4.69, 9.17) is 4.74 Å². The van der Waals surface area contributed by atoms with Crippen molar-refractivity contribution < 1.29 is 9.53 Å². The minimum Gasteiger partial charge on any atom is -0.377 e. The molecule has 0 spiro atoms. The fraction of sp³-hybridized carbons (Fsp3) is 0.222. The first kappa shape index (κ1) is 10.9. The number of ketones is 1. The Morgan fingerprint density at radius 1 is 1.31 bits per heavy atom. The summed E-state index contributed by atoms with van der Waals surface area (Å²) in [5.41, 5.74) is 0.642. The third kappa shape index (κ3) is 3.21. The van der Waals surface area contributed by atoms with Gasteiger partial charge in [0.15, 0.2) is 5.78 Å². The predicted octanol–water partition coefficient (Wildman–Crippen LogP) is 3.04. The van der Waals surface area contributed by atoms with Gasteiger partial charge in [0.25, 0.3) is 0 Å². The smallest absolute Gasteiger partial charge is 0.188 e. The summed E-state index contributed by atoms with van der Waals surface area (Å²) in [6.45, 7) is 0.114. The molecule has 0 saturated heterocycles. The van der Waals surface area contributed by atoms with Crippen molar-refractivity contribution in [2.45, 2.75) is 0 Å². The van der Waals surface area contributed by atoms with Crippen molar-refractivity contribution in [1.29, 1.82) is 0 Å².